The fraction of sp³-hybridized carbons (Fsp3) is 0.167. The van der Waals surface area contributed by atoms with Crippen LogP contribution in [0.4, 0.5) is 0 Å². The second-order valence-corrected chi connectivity index (χ2v) is 5.63. The Balaban J connectivity index is 1.58. The fourth-order valence-electron chi connectivity index (χ4n) is 2.87. The van der Waals surface area contributed by atoms with E-state index >= 15 is 0 Å². The van der Waals surface area contributed by atoms with Crippen molar-refractivity contribution in [3.05, 3.63) is 82.1 Å². The van der Waals surface area contributed by atoms with Crippen molar-refractivity contribution in [3.8, 4) is 0 Å². The molecule has 1 aromatic carbocycles. The minimum absolute atomic E-state index is 0.332. The first-order chi connectivity index (χ1) is 11.2. The molecule has 5 nitrogen and oxygen atoms in total. The van der Waals surface area contributed by atoms with Crippen molar-refractivity contribution < 1.29 is 14.3 Å². The van der Waals surface area contributed by atoms with E-state index in [0.717, 1.165) is 28.2 Å². The first-order valence-corrected chi connectivity index (χ1v) is 7.48. The zero-order chi connectivity index (χ0) is 15.8. The van der Waals surface area contributed by atoms with Gasteiger partial charge in [0.25, 0.3) is 0 Å². The normalized spacial score (nSPS) is 18.4. The van der Waals surface area contributed by atoms with Crippen LogP contribution in [0.1, 0.15) is 22.3 Å². The number of carbonyl (C=O) groups is 1. The van der Waals surface area contributed by atoms with Crippen molar-refractivity contribution in [3.63, 3.8) is 0 Å². The number of aryl methyl sites for hydroxylation is 1. The molecule has 0 bridgehead atoms. The molecule has 2 N–H and O–H groups in total. The number of rotatable bonds is 2. The van der Waals surface area contributed by atoms with Gasteiger partial charge in [0.15, 0.2) is 0 Å². The second kappa shape index (κ2) is 5.35. The maximum absolute atomic E-state index is 12.4. The molecule has 0 saturated carbocycles. The summed E-state index contributed by atoms with van der Waals surface area (Å²) in [5.74, 6) is 1.11. The highest BCUT2D eigenvalue weighted by atomic mass is 16.5. The lowest BCUT2D eigenvalue weighted by molar-refractivity contribution is 0.0614. The second-order valence-electron chi connectivity index (χ2n) is 5.63. The number of hydrazine groups is 1. The third-order valence-corrected chi connectivity index (χ3v) is 4.11. The standard InChI is InChI=1S/C18H16N2O3/c1-11-4-2-3-5-14(11)18(21)23-13-6-7-16-15(8-13)17-12(10-22-16)9-19-20-17/h2-7,9,19-20H,8,10H2,1H3. The van der Waals surface area contributed by atoms with Crippen molar-refractivity contribution in [1.29, 1.82) is 0 Å². The molecule has 0 spiro atoms. The lowest BCUT2D eigenvalue weighted by Crippen LogP contribution is -2.25. The average Bonchev–Trinajstić information content (AvgIpc) is 3.04. The summed E-state index contributed by atoms with van der Waals surface area (Å²) in [7, 11) is 0. The molecule has 0 unspecified atom stereocenters. The van der Waals surface area contributed by atoms with Crippen LogP contribution in [-0.4, -0.2) is 12.6 Å². The van der Waals surface area contributed by atoms with Gasteiger partial charge in [-0.25, -0.2) is 4.79 Å². The summed E-state index contributed by atoms with van der Waals surface area (Å²) in [5.41, 5.74) is 10.7. The Morgan fingerprint density at radius 2 is 2.13 bits per heavy atom. The molecule has 0 radical (unpaired) electrons. The molecular weight excluding hydrogens is 292 g/mol. The first kappa shape index (κ1) is 13.7. The van der Waals surface area contributed by atoms with Crippen molar-refractivity contribution in [2.75, 3.05) is 6.61 Å². The van der Waals surface area contributed by atoms with Crippen LogP contribution in [0.2, 0.25) is 0 Å². The molecule has 23 heavy (non-hydrogen) atoms. The van der Waals surface area contributed by atoms with E-state index in [0.29, 0.717) is 24.4 Å². The number of hydrogen-bond acceptors (Lipinski definition) is 5. The molecule has 2 aliphatic heterocycles. The van der Waals surface area contributed by atoms with Crippen LogP contribution in [0.5, 0.6) is 0 Å². The van der Waals surface area contributed by atoms with E-state index in [1.165, 1.54) is 0 Å². The number of benzene rings is 1. The molecular formula is C18H16N2O3. The maximum atomic E-state index is 12.4. The molecule has 5 heteroatoms. The summed E-state index contributed by atoms with van der Waals surface area (Å²) in [6.45, 7) is 2.44. The van der Waals surface area contributed by atoms with Gasteiger partial charge in [0.05, 0.1) is 11.3 Å². The minimum Gasteiger partial charge on any atom is -0.488 e. The summed E-state index contributed by atoms with van der Waals surface area (Å²) in [5, 5.41) is 0. The average molecular weight is 308 g/mol. The van der Waals surface area contributed by atoms with Gasteiger partial charge in [-0.3, -0.25) is 0 Å². The van der Waals surface area contributed by atoms with Gasteiger partial charge < -0.3 is 20.3 Å². The highest BCUT2D eigenvalue weighted by molar-refractivity contribution is 5.91. The Kier molecular flexibility index (Phi) is 3.19. The van der Waals surface area contributed by atoms with E-state index < -0.39 is 0 Å². The quantitative estimate of drug-likeness (QED) is 0.823. The molecule has 3 aliphatic rings. The zero-order valence-electron chi connectivity index (χ0n) is 12.7. The number of esters is 1. The Morgan fingerprint density at radius 3 is 3.00 bits per heavy atom. The maximum Gasteiger partial charge on any atom is 0.343 e. The fourth-order valence-corrected chi connectivity index (χ4v) is 2.87. The van der Waals surface area contributed by atoms with Crippen molar-refractivity contribution >= 4 is 5.97 Å². The number of hydrogen-bond donors (Lipinski definition) is 2. The molecule has 0 amide bonds. The van der Waals surface area contributed by atoms with Gasteiger partial charge >= 0.3 is 5.97 Å². The molecule has 116 valence electrons. The number of allylic oxidation sites excluding steroid dienone is 4. The van der Waals surface area contributed by atoms with Crippen molar-refractivity contribution in [1.82, 2.24) is 10.9 Å². The molecule has 0 saturated heterocycles. The number of fused-ring (bicyclic) bond motifs is 2. The van der Waals surface area contributed by atoms with Crippen LogP contribution in [0.25, 0.3) is 0 Å². The Labute approximate surface area is 133 Å². The van der Waals surface area contributed by atoms with Gasteiger partial charge in [-0.1, -0.05) is 18.2 Å². The van der Waals surface area contributed by atoms with Crippen LogP contribution >= 0.6 is 0 Å². The lowest BCUT2D eigenvalue weighted by atomic mass is 9.97. The van der Waals surface area contributed by atoms with Gasteiger partial charge in [-0.2, -0.15) is 0 Å². The Bertz CT molecular complexity index is 815. The summed E-state index contributed by atoms with van der Waals surface area (Å²) in [6.07, 6.45) is 6.05. The molecule has 0 atom stereocenters. The number of carbonyl (C=O) groups excluding carboxylic acids is 1. The minimum atomic E-state index is -0.332. The van der Waals surface area contributed by atoms with Gasteiger partial charge in [0.1, 0.15) is 18.1 Å². The lowest BCUT2D eigenvalue weighted by Gasteiger charge is -2.25. The summed E-state index contributed by atoms with van der Waals surface area (Å²) in [6, 6.07) is 7.41. The van der Waals surface area contributed by atoms with Gasteiger partial charge in [-0.05, 0) is 30.7 Å². The van der Waals surface area contributed by atoms with E-state index in [1.54, 1.807) is 12.1 Å². The highest BCUT2D eigenvalue weighted by Gasteiger charge is 2.28. The van der Waals surface area contributed by atoms with E-state index in [1.807, 2.05) is 37.4 Å². The van der Waals surface area contributed by atoms with E-state index in [9.17, 15) is 4.79 Å². The summed E-state index contributed by atoms with van der Waals surface area (Å²) in [4.78, 5) is 12.4. The van der Waals surface area contributed by atoms with Crippen molar-refractivity contribution in [2.45, 2.75) is 13.3 Å². The molecule has 4 rings (SSSR count). The summed E-state index contributed by atoms with van der Waals surface area (Å²) >= 11 is 0. The molecule has 2 heterocycles. The van der Waals surface area contributed by atoms with Crippen molar-refractivity contribution in [2.24, 2.45) is 0 Å². The van der Waals surface area contributed by atoms with Crippen LogP contribution in [0, 0.1) is 6.92 Å². The molecule has 0 fully saturated rings. The van der Waals surface area contributed by atoms with Gasteiger partial charge in [0, 0.05) is 23.8 Å². The van der Waals surface area contributed by atoms with Gasteiger partial charge in [0.2, 0.25) is 0 Å². The third kappa shape index (κ3) is 2.40. The largest absolute Gasteiger partial charge is 0.488 e. The topological polar surface area (TPSA) is 59.6 Å². The SMILES string of the molecule is Cc1ccccc1C(=O)OC1=CC=C2OCC3=CNNC3=C2C1. The monoisotopic (exact) mass is 308 g/mol. The summed E-state index contributed by atoms with van der Waals surface area (Å²) < 4.78 is 11.3. The predicted octanol–water partition coefficient (Wildman–Crippen LogP) is 2.60. The van der Waals surface area contributed by atoms with E-state index in [-0.39, 0.29) is 5.97 Å². The van der Waals surface area contributed by atoms with Crippen LogP contribution in [-0.2, 0) is 9.47 Å². The number of nitrogens with one attached hydrogen (secondary N) is 2. The Morgan fingerprint density at radius 1 is 1.26 bits per heavy atom. The van der Waals surface area contributed by atoms with E-state index in [4.69, 9.17) is 9.47 Å². The molecule has 1 aliphatic carbocycles. The highest BCUT2D eigenvalue weighted by Crippen LogP contribution is 2.35. The Hall–Kier alpha value is -2.95. The van der Waals surface area contributed by atoms with Gasteiger partial charge in [-0.15, -0.1) is 0 Å². The first-order valence-electron chi connectivity index (χ1n) is 7.48. The molecule has 1 aromatic rings. The third-order valence-electron chi connectivity index (χ3n) is 4.11. The predicted molar refractivity (Wildman–Crippen MR) is 84.7 cm³/mol. The number of ether oxygens (including phenoxy) is 2. The van der Waals surface area contributed by atoms with E-state index in [2.05, 4.69) is 10.9 Å². The van der Waals surface area contributed by atoms with Crippen LogP contribution in [0.3, 0.4) is 0 Å². The van der Waals surface area contributed by atoms with Crippen LogP contribution < -0.4 is 10.9 Å². The zero-order valence-corrected chi connectivity index (χ0v) is 12.7. The smallest absolute Gasteiger partial charge is 0.343 e. The molecule has 0 aromatic heterocycles. The van der Waals surface area contributed by atoms with Crippen LogP contribution in [0.15, 0.2) is 71.0 Å².